The summed E-state index contributed by atoms with van der Waals surface area (Å²) in [6.45, 7) is 1.41. The maximum atomic E-state index is 15.2. The van der Waals surface area contributed by atoms with Crippen LogP contribution in [0.3, 0.4) is 0 Å². The molecule has 0 spiro atoms. The zero-order valence-corrected chi connectivity index (χ0v) is 26.0. The Morgan fingerprint density at radius 3 is 2.45 bits per heavy atom. The van der Waals surface area contributed by atoms with Gasteiger partial charge in [0.05, 0.1) is 35.9 Å². The van der Waals surface area contributed by atoms with Gasteiger partial charge >= 0.3 is 12.1 Å². The molecule has 260 valence electrons. The zero-order valence-electron chi connectivity index (χ0n) is 26.0. The highest BCUT2D eigenvalue weighted by atomic mass is 19.4. The predicted octanol–water partition coefficient (Wildman–Crippen LogP) is 5.49. The van der Waals surface area contributed by atoms with Crippen LogP contribution in [0.2, 0.25) is 0 Å². The van der Waals surface area contributed by atoms with Gasteiger partial charge in [0.2, 0.25) is 6.43 Å². The molecule has 1 aliphatic heterocycles. The zero-order chi connectivity index (χ0) is 35.8. The number of rotatable bonds is 9. The molecule has 0 aliphatic carbocycles. The van der Waals surface area contributed by atoms with Crippen LogP contribution in [0.4, 0.5) is 36.4 Å². The number of anilines is 1. The lowest BCUT2D eigenvalue weighted by atomic mass is 9.93. The van der Waals surface area contributed by atoms with E-state index in [1.807, 2.05) is 0 Å². The van der Waals surface area contributed by atoms with Crippen molar-refractivity contribution in [2.24, 2.45) is 7.05 Å². The number of nitrogens with zero attached hydrogens (tertiary/aromatic N) is 3. The Labute approximate surface area is 273 Å². The highest BCUT2D eigenvalue weighted by Crippen LogP contribution is 2.38. The second-order valence-electron chi connectivity index (χ2n) is 11.5. The summed E-state index contributed by atoms with van der Waals surface area (Å²) in [5, 5.41) is 12.2. The molecule has 5 rings (SSSR count). The first-order chi connectivity index (χ1) is 23.1. The third kappa shape index (κ3) is 7.23. The molecule has 0 saturated carbocycles. The first-order valence-electron chi connectivity index (χ1n) is 14.9. The number of carboxylic acid groups (broad SMARTS) is 1. The smallest absolute Gasteiger partial charge is 0.417 e. The van der Waals surface area contributed by atoms with Crippen molar-refractivity contribution in [2.45, 2.75) is 44.5 Å². The first-order valence-corrected chi connectivity index (χ1v) is 14.9. The van der Waals surface area contributed by atoms with Gasteiger partial charge in [0.1, 0.15) is 23.2 Å². The number of nitrogens with one attached hydrogen (secondary N) is 1. The van der Waals surface area contributed by atoms with E-state index in [0.717, 1.165) is 22.8 Å². The summed E-state index contributed by atoms with van der Waals surface area (Å²) < 4.78 is 105. The Hall–Kier alpha value is -4.99. The Morgan fingerprint density at radius 1 is 1.12 bits per heavy atom. The van der Waals surface area contributed by atoms with Crippen molar-refractivity contribution in [1.82, 2.24) is 14.9 Å². The molecule has 2 atom stereocenters. The fraction of sp³-hybridized carbons (Fsp3) is 0.333. The van der Waals surface area contributed by atoms with Crippen molar-refractivity contribution in [3.8, 4) is 11.1 Å². The van der Waals surface area contributed by atoms with Crippen LogP contribution >= 0.6 is 0 Å². The van der Waals surface area contributed by atoms with E-state index in [9.17, 15) is 41.4 Å². The quantitative estimate of drug-likeness (QED) is 0.223. The average Bonchev–Trinajstić information content (AvgIpc) is 3.02. The minimum absolute atomic E-state index is 0.0529. The molecule has 9 nitrogen and oxygen atoms in total. The predicted molar refractivity (Wildman–Crippen MR) is 164 cm³/mol. The molecule has 1 amide bonds. The Morgan fingerprint density at radius 2 is 1.82 bits per heavy atom. The third-order valence-corrected chi connectivity index (χ3v) is 8.40. The summed E-state index contributed by atoms with van der Waals surface area (Å²) in [7, 11) is 1.32. The van der Waals surface area contributed by atoms with Gasteiger partial charge in [-0.25, -0.2) is 22.4 Å². The lowest BCUT2D eigenvalue weighted by Gasteiger charge is -2.37. The van der Waals surface area contributed by atoms with Gasteiger partial charge in [-0.2, -0.15) is 13.2 Å². The number of carbonyl (C=O) groups excluding carboxylic acids is 1. The third-order valence-electron chi connectivity index (χ3n) is 8.40. The number of fused-ring (bicyclic) bond motifs is 1. The van der Waals surface area contributed by atoms with Crippen LogP contribution in [0, 0.1) is 18.6 Å². The van der Waals surface area contributed by atoms with Crippen LogP contribution in [-0.4, -0.2) is 64.8 Å². The van der Waals surface area contributed by atoms with E-state index in [2.05, 4.69) is 10.3 Å². The number of benzene rings is 2. The fourth-order valence-electron chi connectivity index (χ4n) is 5.90. The number of aromatic nitrogens is 2. The van der Waals surface area contributed by atoms with Gasteiger partial charge in [-0.1, -0.05) is 18.2 Å². The highest BCUT2D eigenvalue weighted by Gasteiger charge is 2.37. The SMILES string of the molecule is Cc1cc(C(F)(F)F)c(-c2ccc(CC(NC(=O)c3c(F)cc(N4CCOC[C@@H]4CC(F)F)cc3F)C(=O)O)c3cccnc23)c(=O)n1C. The maximum absolute atomic E-state index is 15.2. The molecule has 1 aliphatic rings. The summed E-state index contributed by atoms with van der Waals surface area (Å²) >= 11 is 0. The van der Waals surface area contributed by atoms with Crippen LogP contribution in [-0.2, 0) is 29.2 Å². The number of amides is 1. The maximum Gasteiger partial charge on any atom is 0.417 e. The summed E-state index contributed by atoms with van der Waals surface area (Å²) in [6.07, 6.45) is -7.45. The number of aliphatic carboxylic acids is 1. The second kappa shape index (κ2) is 13.9. The molecule has 0 radical (unpaired) electrons. The van der Waals surface area contributed by atoms with Crippen molar-refractivity contribution in [1.29, 1.82) is 0 Å². The van der Waals surface area contributed by atoms with Crippen molar-refractivity contribution in [3.63, 3.8) is 0 Å². The number of morpholine rings is 1. The fourth-order valence-corrected chi connectivity index (χ4v) is 5.90. The van der Waals surface area contributed by atoms with Gasteiger partial charge in [0.25, 0.3) is 11.5 Å². The monoisotopic (exact) mass is 694 g/mol. The van der Waals surface area contributed by atoms with Crippen LogP contribution in [0.15, 0.2) is 53.5 Å². The number of ether oxygens (including phenoxy) is 1. The van der Waals surface area contributed by atoms with Gasteiger partial charge in [-0.05, 0) is 36.8 Å². The second-order valence-corrected chi connectivity index (χ2v) is 11.5. The van der Waals surface area contributed by atoms with Gasteiger partial charge in [0.15, 0.2) is 0 Å². The van der Waals surface area contributed by atoms with Crippen molar-refractivity contribution < 1.29 is 50.2 Å². The van der Waals surface area contributed by atoms with E-state index in [0.29, 0.717) is 0 Å². The molecule has 2 aromatic heterocycles. The number of hydrogen-bond donors (Lipinski definition) is 2. The van der Waals surface area contributed by atoms with E-state index in [1.54, 1.807) is 0 Å². The number of pyridine rings is 2. The standard InChI is InChI=1S/C33H29F7N4O5/c1-16-10-22(33(38,39)40)27(31(46)43(16)2)21-6-5-17(20-4-3-7-41-29(20)21)11-25(32(47)48)42-30(45)28-23(34)12-18(13-24(28)35)44-8-9-49-15-19(44)14-26(36)37/h3-7,10,12-13,19,25-26H,8-9,11,14-15H2,1-2H3,(H,42,45)(H,47,48)/t19-,25?/m0/s1. The number of aryl methyl sites for hydroxylation is 1. The average molecular weight is 695 g/mol. The number of carboxylic acids is 1. The lowest BCUT2D eigenvalue weighted by Crippen LogP contribution is -2.46. The minimum atomic E-state index is -4.90. The van der Waals surface area contributed by atoms with Crippen molar-refractivity contribution in [2.75, 3.05) is 24.7 Å². The molecule has 2 N–H and O–H groups in total. The van der Waals surface area contributed by atoms with E-state index in [1.165, 1.54) is 49.3 Å². The van der Waals surface area contributed by atoms with Crippen molar-refractivity contribution in [3.05, 3.63) is 93.0 Å². The highest BCUT2D eigenvalue weighted by molar-refractivity contribution is 5.99. The van der Waals surface area contributed by atoms with Gasteiger partial charge in [-0.15, -0.1) is 0 Å². The number of alkyl halides is 5. The Balaban J connectivity index is 1.47. The molecule has 1 fully saturated rings. The topological polar surface area (TPSA) is 114 Å². The van der Waals surface area contributed by atoms with E-state index in [-0.39, 0.29) is 53.2 Å². The summed E-state index contributed by atoms with van der Waals surface area (Å²) in [5.41, 5.74) is -3.96. The molecule has 49 heavy (non-hydrogen) atoms. The van der Waals surface area contributed by atoms with E-state index >= 15 is 8.78 Å². The minimum Gasteiger partial charge on any atom is -0.480 e. The molecule has 3 heterocycles. The first kappa shape index (κ1) is 35.3. The molecule has 1 unspecified atom stereocenters. The van der Waals surface area contributed by atoms with Crippen molar-refractivity contribution >= 4 is 28.5 Å². The molecular formula is C33H29F7N4O5. The molecule has 0 bridgehead atoms. The summed E-state index contributed by atoms with van der Waals surface area (Å²) in [4.78, 5) is 44.0. The molecule has 2 aromatic carbocycles. The normalized spacial score (nSPS) is 15.9. The lowest BCUT2D eigenvalue weighted by molar-refractivity contribution is -0.139. The number of hydrogen-bond acceptors (Lipinski definition) is 6. The van der Waals surface area contributed by atoms with Gasteiger partial charge < -0.3 is 24.6 Å². The van der Waals surface area contributed by atoms with Crippen LogP contribution in [0.5, 0.6) is 0 Å². The Bertz CT molecular complexity index is 1960. The summed E-state index contributed by atoms with van der Waals surface area (Å²) in [6, 6.07) is 5.12. The van der Waals surface area contributed by atoms with E-state index < -0.39 is 83.3 Å². The van der Waals surface area contributed by atoms with Crippen LogP contribution < -0.4 is 15.8 Å². The number of halogens is 7. The van der Waals surface area contributed by atoms with E-state index in [4.69, 9.17) is 4.74 Å². The summed E-state index contributed by atoms with van der Waals surface area (Å²) in [5.74, 6) is -5.74. The van der Waals surface area contributed by atoms with Crippen LogP contribution in [0.25, 0.3) is 22.0 Å². The molecular weight excluding hydrogens is 665 g/mol. The molecule has 1 saturated heterocycles. The molecule has 4 aromatic rings. The Kier molecular flexibility index (Phi) is 9.99. The van der Waals surface area contributed by atoms with Crippen LogP contribution in [0.1, 0.15) is 33.6 Å². The molecule has 16 heteroatoms. The largest absolute Gasteiger partial charge is 0.480 e. The van der Waals surface area contributed by atoms with Gasteiger partial charge in [0, 0.05) is 55.0 Å². The number of carbonyl (C=O) groups is 2. The van der Waals surface area contributed by atoms with Gasteiger partial charge in [-0.3, -0.25) is 14.6 Å².